The largest absolute Gasteiger partial charge is 0.496 e. The Labute approximate surface area is 110 Å². The molecule has 0 saturated heterocycles. The van der Waals surface area contributed by atoms with E-state index in [0.717, 1.165) is 27.3 Å². The van der Waals surface area contributed by atoms with Crippen molar-refractivity contribution >= 4 is 23.2 Å². The zero-order valence-electron chi connectivity index (χ0n) is 9.97. The molecule has 3 heteroatoms. The lowest BCUT2D eigenvalue weighted by Crippen LogP contribution is -1.95. The molecule has 0 radical (unpaired) electrons. The summed E-state index contributed by atoms with van der Waals surface area (Å²) in [6, 6.07) is 9.65. The first kappa shape index (κ1) is 11.2. The molecule has 2 aromatic rings. The van der Waals surface area contributed by atoms with Gasteiger partial charge in [0.2, 0.25) is 0 Å². The van der Waals surface area contributed by atoms with Crippen LogP contribution >= 0.6 is 11.3 Å². The number of hydrogen-bond donors (Lipinski definition) is 0. The first-order valence-corrected chi connectivity index (χ1v) is 6.62. The van der Waals surface area contributed by atoms with Crippen LogP contribution in [0.25, 0.3) is 6.08 Å². The van der Waals surface area contributed by atoms with Crippen LogP contribution in [0.1, 0.15) is 20.8 Å². The van der Waals surface area contributed by atoms with Gasteiger partial charge in [0.15, 0.2) is 5.78 Å². The number of allylic oxidation sites excluding steroid dienone is 1. The molecule has 0 unspecified atom stereocenters. The van der Waals surface area contributed by atoms with Crippen LogP contribution in [-0.2, 0) is 6.42 Å². The Bertz CT molecular complexity index is 624. The third kappa shape index (κ3) is 1.77. The predicted molar refractivity (Wildman–Crippen MR) is 73.3 cm³/mol. The molecule has 3 rings (SSSR count). The minimum atomic E-state index is 0.123. The van der Waals surface area contributed by atoms with Crippen LogP contribution in [0.5, 0.6) is 5.75 Å². The maximum atomic E-state index is 12.3. The summed E-state index contributed by atoms with van der Waals surface area (Å²) in [5.74, 6) is 0.924. The topological polar surface area (TPSA) is 26.3 Å². The fraction of sp³-hybridized carbons (Fsp3) is 0.133. The Morgan fingerprint density at radius 2 is 2.17 bits per heavy atom. The van der Waals surface area contributed by atoms with Crippen molar-refractivity contribution in [3.05, 3.63) is 57.3 Å². The molecule has 0 amide bonds. The van der Waals surface area contributed by atoms with Crippen molar-refractivity contribution in [2.75, 3.05) is 7.11 Å². The summed E-state index contributed by atoms with van der Waals surface area (Å²) in [5.41, 5.74) is 2.63. The van der Waals surface area contributed by atoms with E-state index in [1.807, 2.05) is 41.8 Å². The van der Waals surface area contributed by atoms with E-state index < -0.39 is 0 Å². The van der Waals surface area contributed by atoms with Crippen LogP contribution in [0.3, 0.4) is 0 Å². The normalized spacial score (nSPS) is 16.1. The number of thiophene rings is 1. The Morgan fingerprint density at radius 3 is 2.89 bits per heavy atom. The van der Waals surface area contributed by atoms with Gasteiger partial charge in [0.1, 0.15) is 5.75 Å². The van der Waals surface area contributed by atoms with Gasteiger partial charge in [-0.25, -0.2) is 0 Å². The number of fused-ring (bicyclic) bond motifs is 1. The summed E-state index contributed by atoms with van der Waals surface area (Å²) in [5, 5.41) is 2.01. The average Bonchev–Trinajstić information content (AvgIpc) is 3.00. The lowest BCUT2D eigenvalue weighted by Gasteiger charge is -2.04. The van der Waals surface area contributed by atoms with Crippen LogP contribution < -0.4 is 4.74 Å². The van der Waals surface area contributed by atoms with E-state index in [2.05, 4.69) is 0 Å². The minimum absolute atomic E-state index is 0.123. The molecular weight excluding hydrogens is 244 g/mol. The number of hydrogen-bond acceptors (Lipinski definition) is 3. The Kier molecular flexibility index (Phi) is 2.76. The molecule has 2 nitrogen and oxygen atoms in total. The quantitative estimate of drug-likeness (QED) is 0.768. The van der Waals surface area contributed by atoms with Gasteiger partial charge in [-0.1, -0.05) is 18.2 Å². The number of carbonyl (C=O) groups excluding carboxylic acids is 1. The fourth-order valence-electron chi connectivity index (χ4n) is 2.26. The van der Waals surface area contributed by atoms with Crippen molar-refractivity contribution in [2.24, 2.45) is 0 Å². The number of benzene rings is 1. The Morgan fingerprint density at radius 1 is 1.28 bits per heavy atom. The van der Waals surface area contributed by atoms with Gasteiger partial charge < -0.3 is 4.74 Å². The summed E-state index contributed by atoms with van der Waals surface area (Å²) in [4.78, 5) is 13.4. The van der Waals surface area contributed by atoms with Crippen LogP contribution in [0.4, 0.5) is 0 Å². The summed E-state index contributed by atoms with van der Waals surface area (Å²) >= 11 is 1.64. The molecule has 0 fully saturated rings. The summed E-state index contributed by atoms with van der Waals surface area (Å²) in [7, 11) is 1.64. The third-order valence-corrected chi connectivity index (χ3v) is 3.94. The number of ketones is 1. The van der Waals surface area contributed by atoms with Gasteiger partial charge in [-0.15, -0.1) is 11.3 Å². The second-order valence-electron chi connectivity index (χ2n) is 4.18. The second-order valence-corrected chi connectivity index (χ2v) is 5.16. The SMILES string of the molecule is COc1cccc2c1C/C(=C/c1cccs1)C2=O. The van der Waals surface area contributed by atoms with Gasteiger partial charge in [-0.05, 0) is 23.6 Å². The van der Waals surface area contributed by atoms with E-state index in [1.54, 1.807) is 18.4 Å². The average molecular weight is 256 g/mol. The maximum absolute atomic E-state index is 12.3. The molecule has 90 valence electrons. The number of carbonyl (C=O) groups is 1. The van der Waals surface area contributed by atoms with Crippen molar-refractivity contribution in [1.82, 2.24) is 0 Å². The smallest absolute Gasteiger partial charge is 0.189 e. The lowest BCUT2D eigenvalue weighted by molar-refractivity contribution is 0.104. The zero-order chi connectivity index (χ0) is 12.5. The molecule has 1 heterocycles. The molecular formula is C15H12O2S. The first-order valence-electron chi connectivity index (χ1n) is 5.74. The molecule has 1 aromatic heterocycles. The van der Waals surface area contributed by atoms with Gasteiger partial charge in [-0.3, -0.25) is 4.79 Å². The fourth-order valence-corrected chi connectivity index (χ4v) is 2.94. The molecule has 18 heavy (non-hydrogen) atoms. The highest BCUT2D eigenvalue weighted by molar-refractivity contribution is 7.10. The van der Waals surface area contributed by atoms with Crippen LogP contribution in [-0.4, -0.2) is 12.9 Å². The maximum Gasteiger partial charge on any atom is 0.189 e. The number of methoxy groups -OCH3 is 1. The van der Waals surface area contributed by atoms with Crippen molar-refractivity contribution in [1.29, 1.82) is 0 Å². The monoisotopic (exact) mass is 256 g/mol. The first-order chi connectivity index (χ1) is 8.79. The molecule has 1 aliphatic rings. The van der Waals surface area contributed by atoms with Gasteiger partial charge in [0.05, 0.1) is 7.11 Å². The molecule has 0 aliphatic heterocycles. The Balaban J connectivity index is 2.04. The van der Waals surface area contributed by atoms with E-state index in [-0.39, 0.29) is 5.78 Å². The Hall–Kier alpha value is -1.87. The van der Waals surface area contributed by atoms with Crippen LogP contribution in [0.2, 0.25) is 0 Å². The molecule has 1 aromatic carbocycles. The van der Waals surface area contributed by atoms with E-state index in [0.29, 0.717) is 6.42 Å². The van der Waals surface area contributed by atoms with Crippen molar-refractivity contribution in [2.45, 2.75) is 6.42 Å². The highest BCUT2D eigenvalue weighted by Crippen LogP contribution is 2.34. The standard InChI is InChI=1S/C15H12O2S/c1-17-14-6-2-5-12-13(14)9-10(15(12)16)8-11-4-3-7-18-11/h2-8H,9H2,1H3/b10-8-. The van der Waals surface area contributed by atoms with Crippen LogP contribution in [0.15, 0.2) is 41.3 Å². The van der Waals surface area contributed by atoms with E-state index in [1.165, 1.54) is 0 Å². The summed E-state index contributed by atoms with van der Waals surface area (Å²) in [6.07, 6.45) is 2.64. The number of Topliss-reactive ketones (excluding diaryl/α,β-unsaturated/α-hetero) is 1. The molecule has 0 spiro atoms. The minimum Gasteiger partial charge on any atom is -0.496 e. The number of ether oxygens (including phenoxy) is 1. The zero-order valence-corrected chi connectivity index (χ0v) is 10.8. The van der Waals surface area contributed by atoms with E-state index >= 15 is 0 Å². The molecule has 0 bridgehead atoms. The van der Waals surface area contributed by atoms with Gasteiger partial charge in [0, 0.05) is 28.0 Å². The van der Waals surface area contributed by atoms with Crippen molar-refractivity contribution in [3.63, 3.8) is 0 Å². The molecule has 1 aliphatic carbocycles. The summed E-state index contributed by atoms with van der Waals surface area (Å²) < 4.78 is 5.31. The molecule has 0 N–H and O–H groups in total. The van der Waals surface area contributed by atoms with Gasteiger partial charge in [0.25, 0.3) is 0 Å². The summed E-state index contributed by atoms with van der Waals surface area (Å²) in [6.45, 7) is 0. The lowest BCUT2D eigenvalue weighted by atomic mass is 10.1. The van der Waals surface area contributed by atoms with E-state index in [4.69, 9.17) is 4.74 Å². The predicted octanol–water partition coefficient (Wildman–Crippen LogP) is 3.58. The second kappa shape index (κ2) is 4.42. The van der Waals surface area contributed by atoms with E-state index in [9.17, 15) is 4.79 Å². The van der Waals surface area contributed by atoms with Crippen molar-refractivity contribution < 1.29 is 9.53 Å². The van der Waals surface area contributed by atoms with Gasteiger partial charge >= 0.3 is 0 Å². The number of rotatable bonds is 2. The van der Waals surface area contributed by atoms with Crippen LogP contribution in [0, 0.1) is 0 Å². The highest BCUT2D eigenvalue weighted by Gasteiger charge is 2.27. The van der Waals surface area contributed by atoms with Crippen molar-refractivity contribution in [3.8, 4) is 5.75 Å². The third-order valence-electron chi connectivity index (χ3n) is 3.12. The molecule has 0 saturated carbocycles. The molecule has 0 atom stereocenters. The van der Waals surface area contributed by atoms with Gasteiger partial charge in [-0.2, -0.15) is 0 Å². The highest BCUT2D eigenvalue weighted by atomic mass is 32.1.